The van der Waals surface area contributed by atoms with Crippen molar-refractivity contribution in [1.82, 2.24) is 0 Å². The van der Waals surface area contributed by atoms with Gasteiger partial charge in [-0.25, -0.2) is 0 Å². The molecule has 0 aromatic heterocycles. The van der Waals surface area contributed by atoms with Crippen molar-refractivity contribution in [1.29, 1.82) is 0 Å². The van der Waals surface area contributed by atoms with Gasteiger partial charge in [0.1, 0.15) is 18.0 Å². The highest BCUT2D eigenvalue weighted by Gasteiger charge is 2.28. The molecule has 302 valence electrons. The number of hydrogen-bond donors (Lipinski definition) is 0. The molecule has 5 nitrogen and oxygen atoms in total. The monoisotopic (exact) mass is 765 g/mol. The predicted octanol–water partition coefficient (Wildman–Crippen LogP) is 13.1. The molecule has 0 aromatic carbocycles. The zero-order valence-corrected chi connectivity index (χ0v) is 35.5. The van der Waals surface area contributed by atoms with Gasteiger partial charge in [0.25, 0.3) is 0 Å². The molecule has 3 unspecified atom stereocenters. The van der Waals surface area contributed by atoms with Crippen molar-refractivity contribution < 1.29 is 23.9 Å². The van der Waals surface area contributed by atoms with E-state index in [2.05, 4.69) is 13.8 Å². The third kappa shape index (κ3) is 20.8. The van der Waals surface area contributed by atoms with Crippen LogP contribution in [-0.4, -0.2) is 52.9 Å². The molecule has 3 aliphatic carbocycles. The Hall–Kier alpha value is -0.690. The maximum absolute atomic E-state index is 12.8. The fourth-order valence-electron chi connectivity index (χ4n) is 9.01. The average molecular weight is 765 g/mol. The van der Waals surface area contributed by atoms with Gasteiger partial charge in [0.15, 0.2) is 0 Å². The summed E-state index contributed by atoms with van der Waals surface area (Å²) in [4.78, 5) is 38.1. The largest absolute Gasteiger partial charge is 0.461 e. The third-order valence-electron chi connectivity index (χ3n) is 12.5. The van der Waals surface area contributed by atoms with Crippen molar-refractivity contribution in [2.75, 3.05) is 23.0 Å². The van der Waals surface area contributed by atoms with E-state index < -0.39 is 0 Å². The first kappa shape index (κ1) is 45.7. The number of ether oxygens (including phenoxy) is 2. The van der Waals surface area contributed by atoms with E-state index in [-0.39, 0.29) is 24.1 Å². The lowest BCUT2D eigenvalue weighted by Gasteiger charge is -2.30. The van der Waals surface area contributed by atoms with Crippen LogP contribution in [0, 0.1) is 23.7 Å². The molecule has 0 aliphatic heterocycles. The van der Waals surface area contributed by atoms with Gasteiger partial charge < -0.3 is 9.47 Å². The highest BCUT2D eigenvalue weighted by atomic mass is 32.2. The lowest BCUT2D eigenvalue weighted by atomic mass is 9.85. The third-order valence-corrected chi connectivity index (χ3v) is 14.8. The molecule has 0 aromatic rings. The Morgan fingerprint density at radius 2 is 1.04 bits per heavy atom. The van der Waals surface area contributed by atoms with Crippen molar-refractivity contribution in [2.24, 2.45) is 23.7 Å². The summed E-state index contributed by atoms with van der Waals surface area (Å²) < 4.78 is 12.3. The second-order valence-corrected chi connectivity index (χ2v) is 19.1. The van der Waals surface area contributed by atoms with E-state index in [1.807, 2.05) is 23.5 Å². The first-order chi connectivity index (χ1) is 25.5. The van der Waals surface area contributed by atoms with Gasteiger partial charge in [0.05, 0.1) is 0 Å². The summed E-state index contributed by atoms with van der Waals surface area (Å²) in [7, 11) is 0. The van der Waals surface area contributed by atoms with Crippen LogP contribution in [0.5, 0.6) is 0 Å². The minimum Gasteiger partial charge on any atom is -0.461 e. The van der Waals surface area contributed by atoms with Gasteiger partial charge in [-0.2, -0.15) is 23.5 Å². The zero-order valence-electron chi connectivity index (χ0n) is 33.9. The molecule has 0 heterocycles. The Kier molecular flexibility index (Phi) is 26.0. The molecule has 0 radical (unpaired) electrons. The average Bonchev–Trinajstić information content (AvgIpc) is 3.18. The number of hydrogen-bond acceptors (Lipinski definition) is 7. The number of unbranched alkanes of at least 4 members (excludes halogenated alkanes) is 4. The van der Waals surface area contributed by atoms with Crippen molar-refractivity contribution in [3.8, 4) is 0 Å². The second kappa shape index (κ2) is 29.6. The smallest absolute Gasteiger partial charge is 0.306 e. The molecule has 7 heteroatoms. The Morgan fingerprint density at radius 3 is 1.52 bits per heavy atom. The van der Waals surface area contributed by atoms with Gasteiger partial charge >= 0.3 is 11.9 Å². The number of Topliss-reactive ketones (excluding diaryl/α,β-unsaturated/α-hetero) is 1. The molecule has 3 atom stereocenters. The maximum Gasteiger partial charge on any atom is 0.306 e. The van der Waals surface area contributed by atoms with Crippen LogP contribution in [-0.2, 0) is 23.9 Å². The van der Waals surface area contributed by atoms with Crippen LogP contribution >= 0.6 is 23.5 Å². The molecule has 3 aliphatic rings. The summed E-state index contributed by atoms with van der Waals surface area (Å²) in [6, 6.07) is 0. The summed E-state index contributed by atoms with van der Waals surface area (Å²) >= 11 is 3.90. The van der Waals surface area contributed by atoms with E-state index >= 15 is 0 Å². The fourth-order valence-corrected chi connectivity index (χ4v) is 11.3. The molecule has 3 fully saturated rings. The topological polar surface area (TPSA) is 69.7 Å². The SMILES string of the molecule is CCCC(CC)CCC(=O)OC(CSCCCCCC(=O)CCCCCSCC(OC(=O)CCC1CCCCC1)C1CCCCC1)C1CCCCC1. The van der Waals surface area contributed by atoms with Gasteiger partial charge in [-0.1, -0.05) is 117 Å². The van der Waals surface area contributed by atoms with Crippen molar-refractivity contribution in [3.63, 3.8) is 0 Å². The summed E-state index contributed by atoms with van der Waals surface area (Å²) in [5.74, 6) is 6.96. The van der Waals surface area contributed by atoms with Crippen LogP contribution in [0.25, 0.3) is 0 Å². The molecular weight excluding hydrogens is 685 g/mol. The normalized spacial score (nSPS) is 19.6. The zero-order chi connectivity index (χ0) is 37.1. The van der Waals surface area contributed by atoms with Crippen molar-refractivity contribution >= 4 is 41.2 Å². The summed E-state index contributed by atoms with van der Waals surface area (Å²) in [6.07, 6.45) is 33.9. The van der Waals surface area contributed by atoms with Crippen LogP contribution in [0.4, 0.5) is 0 Å². The molecule has 3 rings (SSSR count). The number of carbonyl (C=O) groups excluding carboxylic acids is 3. The molecule has 3 saturated carbocycles. The van der Waals surface area contributed by atoms with Gasteiger partial charge in [-0.15, -0.1) is 0 Å². The predicted molar refractivity (Wildman–Crippen MR) is 223 cm³/mol. The quantitative estimate of drug-likeness (QED) is 0.0555. The van der Waals surface area contributed by atoms with E-state index in [1.165, 1.54) is 109 Å². The van der Waals surface area contributed by atoms with Crippen molar-refractivity contribution in [3.05, 3.63) is 0 Å². The number of thioether (sulfide) groups is 2. The van der Waals surface area contributed by atoms with Crippen molar-refractivity contribution in [2.45, 2.75) is 219 Å². The summed E-state index contributed by atoms with van der Waals surface area (Å²) in [6.45, 7) is 4.46. The standard InChI is InChI=1S/C45H80O5S2/c1-3-20-37(4-2)29-31-44(47)49-42(39-23-12-6-13-24-39)35-51-33-18-8-16-27-41(46)28-17-9-19-34-52-36-43(40-25-14-7-15-26-40)50-45(48)32-30-38-21-10-5-11-22-38/h37-40,42-43H,3-36H2,1-2H3. The van der Waals surface area contributed by atoms with Gasteiger partial charge in [-0.05, 0) is 99.4 Å². The first-order valence-corrected chi connectivity index (χ1v) is 24.9. The molecule has 0 saturated heterocycles. The summed E-state index contributed by atoms with van der Waals surface area (Å²) in [5.41, 5.74) is 0. The van der Waals surface area contributed by atoms with Gasteiger partial charge in [0, 0.05) is 37.2 Å². The molecule has 52 heavy (non-hydrogen) atoms. The van der Waals surface area contributed by atoms with E-state index in [9.17, 15) is 14.4 Å². The van der Waals surface area contributed by atoms with Gasteiger partial charge in [0.2, 0.25) is 0 Å². The van der Waals surface area contributed by atoms with Crippen LogP contribution in [0.1, 0.15) is 206 Å². The highest BCUT2D eigenvalue weighted by Crippen LogP contribution is 2.33. The van der Waals surface area contributed by atoms with E-state index in [4.69, 9.17) is 9.47 Å². The lowest BCUT2D eigenvalue weighted by molar-refractivity contribution is -0.152. The lowest BCUT2D eigenvalue weighted by Crippen LogP contribution is -2.31. The van der Waals surface area contributed by atoms with E-state index in [1.54, 1.807) is 0 Å². The van der Waals surface area contributed by atoms with Crippen LogP contribution in [0.3, 0.4) is 0 Å². The van der Waals surface area contributed by atoms with Gasteiger partial charge in [-0.3, -0.25) is 14.4 Å². The second-order valence-electron chi connectivity index (χ2n) is 16.8. The van der Waals surface area contributed by atoms with E-state index in [0.29, 0.717) is 49.2 Å². The fraction of sp³-hybridized carbons (Fsp3) is 0.933. The van der Waals surface area contributed by atoms with Crippen LogP contribution in [0.15, 0.2) is 0 Å². The number of carbonyl (C=O) groups is 3. The number of esters is 2. The Balaban J connectivity index is 1.20. The van der Waals surface area contributed by atoms with Crippen LogP contribution < -0.4 is 0 Å². The molecule has 0 spiro atoms. The minimum atomic E-state index is 0.0176. The highest BCUT2D eigenvalue weighted by molar-refractivity contribution is 7.99. The first-order valence-electron chi connectivity index (χ1n) is 22.5. The molecule has 0 amide bonds. The molecule has 0 bridgehead atoms. The Morgan fingerprint density at radius 1 is 0.558 bits per heavy atom. The van der Waals surface area contributed by atoms with Crippen LogP contribution in [0.2, 0.25) is 0 Å². The number of ketones is 1. The molecule has 0 N–H and O–H groups in total. The number of rotatable bonds is 29. The minimum absolute atomic E-state index is 0.0176. The Labute approximate surface area is 329 Å². The van der Waals surface area contributed by atoms with E-state index in [0.717, 1.165) is 86.7 Å². The maximum atomic E-state index is 12.8. The summed E-state index contributed by atoms with van der Waals surface area (Å²) in [5, 5.41) is 0. The molecular formula is C45H80O5S2. The Bertz CT molecular complexity index is 864.